The van der Waals surface area contributed by atoms with Crippen molar-refractivity contribution in [2.45, 2.75) is 36.3 Å². The Hall–Kier alpha value is -4.23. The largest absolute Gasteiger partial charge is 0.461 e. The second-order valence-corrected chi connectivity index (χ2v) is 10.2. The predicted octanol–water partition coefficient (Wildman–Crippen LogP) is 7.82. The van der Waals surface area contributed by atoms with Crippen molar-refractivity contribution >= 4 is 17.5 Å². The minimum absolute atomic E-state index is 0.0735. The highest BCUT2D eigenvalue weighted by molar-refractivity contribution is 6.30. The monoisotopic (exact) mass is 658 g/mol. The summed E-state index contributed by atoms with van der Waals surface area (Å²) < 4.78 is 123. The first-order valence-electron chi connectivity index (χ1n) is 13.0. The molecule has 1 aromatic heterocycles. The molecule has 0 aliphatic carbocycles. The lowest BCUT2D eigenvalue weighted by molar-refractivity contribution is -0.266. The van der Waals surface area contributed by atoms with Crippen LogP contribution in [-0.4, -0.2) is 36.7 Å². The summed E-state index contributed by atoms with van der Waals surface area (Å²) in [5.41, 5.74) is -6.90. The Kier molecular flexibility index (Phi) is 9.74. The van der Waals surface area contributed by atoms with Crippen LogP contribution in [0.5, 0.6) is 5.75 Å². The summed E-state index contributed by atoms with van der Waals surface area (Å²) in [4.78, 5) is 18.3. The molecular weight excluding hydrogens is 636 g/mol. The van der Waals surface area contributed by atoms with Crippen molar-refractivity contribution in [1.29, 1.82) is 0 Å². The van der Waals surface area contributed by atoms with Gasteiger partial charge < -0.3 is 14.8 Å². The normalized spacial score (nSPS) is 14.8. The van der Waals surface area contributed by atoms with Crippen LogP contribution >= 0.6 is 11.6 Å². The van der Waals surface area contributed by atoms with Crippen LogP contribution in [0.15, 0.2) is 97.2 Å². The molecule has 4 aromatic rings. The first-order chi connectivity index (χ1) is 21.1. The number of hydrogen-bond donors (Lipinski definition) is 1. The lowest BCUT2D eigenvalue weighted by Crippen LogP contribution is -2.61. The van der Waals surface area contributed by atoms with Crippen molar-refractivity contribution in [3.63, 3.8) is 0 Å². The third-order valence-corrected chi connectivity index (χ3v) is 7.10. The summed E-state index contributed by atoms with van der Waals surface area (Å²) in [5, 5.41) is 2.39. The number of aromatic nitrogens is 1. The second-order valence-electron chi connectivity index (χ2n) is 9.77. The first kappa shape index (κ1) is 33.7. The molecule has 14 heteroatoms. The molecule has 2 atom stereocenters. The molecule has 3 aromatic carbocycles. The quantitative estimate of drug-likeness (QED) is 0.167. The molecule has 0 saturated carbocycles. The zero-order chi connectivity index (χ0) is 33.0. The summed E-state index contributed by atoms with van der Waals surface area (Å²) in [6, 6.07) is 18.1. The molecule has 1 N–H and O–H groups in total. The molecule has 45 heavy (non-hydrogen) atoms. The van der Waals surface area contributed by atoms with E-state index < -0.39 is 64.9 Å². The van der Waals surface area contributed by atoms with Gasteiger partial charge in [-0.05, 0) is 35.4 Å². The van der Waals surface area contributed by atoms with E-state index in [-0.39, 0.29) is 10.7 Å². The number of pyridine rings is 1. The van der Waals surface area contributed by atoms with Crippen LogP contribution in [0.4, 0.5) is 35.1 Å². The van der Waals surface area contributed by atoms with E-state index in [1.165, 1.54) is 42.5 Å². The molecule has 0 saturated heterocycles. The van der Waals surface area contributed by atoms with Gasteiger partial charge in [0.1, 0.15) is 17.1 Å². The number of ether oxygens (including phenoxy) is 2. The van der Waals surface area contributed by atoms with Crippen molar-refractivity contribution in [3.8, 4) is 5.75 Å². The van der Waals surface area contributed by atoms with Gasteiger partial charge in [0.2, 0.25) is 0 Å². The molecule has 0 fully saturated rings. The Bertz CT molecular complexity index is 1610. The van der Waals surface area contributed by atoms with Gasteiger partial charge in [0.25, 0.3) is 11.5 Å². The van der Waals surface area contributed by atoms with Gasteiger partial charge in [-0.3, -0.25) is 9.78 Å². The number of carbonyl (C=O) groups excluding carboxylic acids is 1. The maximum Gasteiger partial charge on any atom is 0.461 e. The summed E-state index contributed by atoms with van der Waals surface area (Å²) in [6.07, 6.45) is -14.1. The van der Waals surface area contributed by atoms with E-state index in [0.717, 1.165) is 24.4 Å². The van der Waals surface area contributed by atoms with Crippen molar-refractivity contribution in [1.82, 2.24) is 10.3 Å². The van der Waals surface area contributed by atoms with Crippen LogP contribution in [0.1, 0.15) is 22.4 Å². The van der Waals surface area contributed by atoms with Crippen LogP contribution in [0.25, 0.3) is 0 Å². The Morgan fingerprint density at radius 1 is 0.889 bits per heavy atom. The number of hydrogen-bond acceptors (Lipinski definition) is 4. The molecule has 0 radical (unpaired) electrons. The standard InChI is InChI=1S/C31H23ClF8N2O3/c1-44-29(31(38,39)40,20-10-6-3-7-11-20)27(43)42-28(17-19-8-4-2-5-9-19,25-13-12-22(32)18-41-25)21-14-23(33)16-24(15-21)45-30(36,37)26(34)35/h2-16,18,26H,17H2,1H3,(H,42,43)/t28-,29+/m1/s1. The van der Waals surface area contributed by atoms with E-state index in [1.54, 1.807) is 18.2 Å². The number of alkyl halides is 7. The van der Waals surface area contributed by atoms with E-state index >= 15 is 4.39 Å². The molecular formula is C31H23ClF8N2O3. The minimum atomic E-state index is -5.38. The minimum Gasteiger partial charge on any atom is -0.428 e. The number of methoxy groups -OCH3 is 1. The summed E-state index contributed by atoms with van der Waals surface area (Å²) >= 11 is 6.01. The van der Waals surface area contributed by atoms with E-state index in [1.807, 2.05) is 0 Å². The Balaban J connectivity index is 2.03. The van der Waals surface area contributed by atoms with Gasteiger partial charge in [-0.1, -0.05) is 72.3 Å². The van der Waals surface area contributed by atoms with Gasteiger partial charge in [-0.2, -0.15) is 30.7 Å². The fourth-order valence-corrected chi connectivity index (χ4v) is 4.94. The van der Waals surface area contributed by atoms with Gasteiger partial charge in [0.05, 0.1) is 10.7 Å². The molecule has 0 aliphatic rings. The Labute approximate surface area is 256 Å². The van der Waals surface area contributed by atoms with E-state index in [4.69, 9.17) is 16.3 Å². The third-order valence-electron chi connectivity index (χ3n) is 6.88. The molecule has 5 nitrogen and oxygen atoms in total. The average Bonchev–Trinajstić information content (AvgIpc) is 2.97. The third kappa shape index (κ3) is 6.89. The zero-order valence-corrected chi connectivity index (χ0v) is 23.9. The van der Waals surface area contributed by atoms with E-state index in [0.29, 0.717) is 24.8 Å². The van der Waals surface area contributed by atoms with Gasteiger partial charge in [-0.25, -0.2) is 4.39 Å². The molecule has 0 spiro atoms. The molecule has 0 aliphatic heterocycles. The van der Waals surface area contributed by atoms with Gasteiger partial charge in [0, 0.05) is 31.4 Å². The number of benzene rings is 3. The van der Waals surface area contributed by atoms with Crippen LogP contribution in [0.3, 0.4) is 0 Å². The average molecular weight is 659 g/mol. The number of halogens is 9. The number of rotatable bonds is 11. The number of nitrogens with one attached hydrogen (secondary N) is 1. The molecule has 0 unspecified atom stereocenters. The van der Waals surface area contributed by atoms with Crippen molar-refractivity contribution in [3.05, 3.63) is 130 Å². The van der Waals surface area contributed by atoms with Crippen LogP contribution in [0.2, 0.25) is 5.02 Å². The smallest absolute Gasteiger partial charge is 0.428 e. The molecule has 1 amide bonds. The molecule has 1 heterocycles. The fourth-order valence-electron chi connectivity index (χ4n) is 4.83. The number of amides is 1. The summed E-state index contributed by atoms with van der Waals surface area (Å²) in [5.74, 6) is -4.20. The van der Waals surface area contributed by atoms with Gasteiger partial charge >= 0.3 is 18.7 Å². The van der Waals surface area contributed by atoms with Crippen LogP contribution < -0.4 is 10.1 Å². The lowest BCUT2D eigenvalue weighted by atomic mass is 9.79. The highest BCUT2D eigenvalue weighted by Crippen LogP contribution is 2.44. The van der Waals surface area contributed by atoms with Crippen molar-refractivity contribution in [2.75, 3.05) is 7.11 Å². The number of nitrogens with zero attached hydrogens (tertiary/aromatic N) is 1. The highest BCUT2D eigenvalue weighted by atomic mass is 35.5. The topological polar surface area (TPSA) is 60.5 Å². The summed E-state index contributed by atoms with van der Waals surface area (Å²) in [6.45, 7) is 0. The number of carbonyl (C=O) groups is 1. The van der Waals surface area contributed by atoms with Crippen molar-refractivity contribution < 1.29 is 49.4 Å². The lowest BCUT2D eigenvalue weighted by Gasteiger charge is -2.40. The van der Waals surface area contributed by atoms with Crippen LogP contribution in [-0.2, 0) is 27.1 Å². The molecule has 4 rings (SSSR count). The van der Waals surface area contributed by atoms with E-state index in [9.17, 15) is 35.5 Å². The highest BCUT2D eigenvalue weighted by Gasteiger charge is 2.64. The maximum absolute atomic E-state index is 15.1. The fraction of sp³-hybridized carbons (Fsp3) is 0.226. The van der Waals surface area contributed by atoms with E-state index in [2.05, 4.69) is 15.0 Å². The Morgan fingerprint density at radius 3 is 2.04 bits per heavy atom. The summed E-state index contributed by atoms with van der Waals surface area (Å²) in [7, 11) is 0.667. The van der Waals surface area contributed by atoms with Gasteiger partial charge in [0.15, 0.2) is 0 Å². The van der Waals surface area contributed by atoms with Gasteiger partial charge in [-0.15, -0.1) is 0 Å². The Morgan fingerprint density at radius 2 is 1.51 bits per heavy atom. The molecule has 238 valence electrons. The van der Waals surface area contributed by atoms with Crippen LogP contribution in [0, 0.1) is 5.82 Å². The predicted molar refractivity (Wildman–Crippen MR) is 147 cm³/mol. The first-order valence-corrected chi connectivity index (χ1v) is 13.3. The second kappa shape index (κ2) is 13.0. The maximum atomic E-state index is 15.1. The zero-order valence-electron chi connectivity index (χ0n) is 23.1. The SMILES string of the molecule is CO[C@](C(=O)N[C@](Cc1ccccc1)(c1cc(F)cc(OC(F)(F)C(F)F)c1)c1ccc(Cl)cn1)(c1ccccc1)C(F)(F)F. The van der Waals surface area contributed by atoms with Crippen molar-refractivity contribution in [2.24, 2.45) is 0 Å². The molecule has 0 bridgehead atoms.